The zero-order valence-corrected chi connectivity index (χ0v) is 27.4. The number of hydrogen-bond donors (Lipinski definition) is 1. The minimum atomic E-state index is -0.0831. The van der Waals surface area contributed by atoms with Gasteiger partial charge in [0.1, 0.15) is 5.84 Å². The summed E-state index contributed by atoms with van der Waals surface area (Å²) < 4.78 is 0. The second kappa shape index (κ2) is 12.8. The molecule has 0 amide bonds. The summed E-state index contributed by atoms with van der Waals surface area (Å²) in [5.41, 5.74) is 11.2. The van der Waals surface area contributed by atoms with Gasteiger partial charge in [0.15, 0.2) is 0 Å². The maximum absolute atomic E-state index is 5.25. The number of rotatable bonds is 6. The van der Waals surface area contributed by atoms with Crippen LogP contribution in [-0.4, -0.2) is 10.8 Å². The topological polar surface area (TPSA) is 37.3 Å². The first-order chi connectivity index (χ1) is 24.7. The van der Waals surface area contributed by atoms with E-state index in [-0.39, 0.29) is 6.04 Å². The third-order valence-electron chi connectivity index (χ3n) is 9.58. The highest BCUT2D eigenvalue weighted by atomic mass is 15.0. The molecule has 2 heterocycles. The normalized spacial score (nSPS) is 14.2. The summed E-state index contributed by atoms with van der Waals surface area (Å²) in [4.78, 5) is 9.77. The molecule has 1 atom stereocenters. The van der Waals surface area contributed by atoms with Gasteiger partial charge in [0.05, 0.1) is 11.7 Å². The Morgan fingerprint density at radius 1 is 0.420 bits per heavy atom. The Hall–Kier alpha value is -6.58. The van der Waals surface area contributed by atoms with E-state index in [0.29, 0.717) is 0 Å². The van der Waals surface area contributed by atoms with Gasteiger partial charge < -0.3 is 5.32 Å². The number of benzene rings is 7. The number of amidine groups is 1. The first kappa shape index (κ1) is 29.6. The highest BCUT2D eigenvalue weighted by Gasteiger charge is 2.21. The molecule has 1 aromatic heterocycles. The van der Waals surface area contributed by atoms with Crippen molar-refractivity contribution in [1.82, 2.24) is 10.3 Å². The fourth-order valence-corrected chi connectivity index (χ4v) is 6.95. The molecular weight excluding hydrogens is 607 g/mol. The van der Waals surface area contributed by atoms with Gasteiger partial charge in [-0.05, 0) is 79.4 Å². The fourth-order valence-electron chi connectivity index (χ4n) is 6.95. The fraction of sp³-hybridized carbons (Fsp3) is 0.0213. The van der Waals surface area contributed by atoms with Crippen molar-refractivity contribution < 1.29 is 0 Å². The van der Waals surface area contributed by atoms with Gasteiger partial charge in [-0.2, -0.15) is 0 Å². The number of fused-ring (bicyclic) bond motifs is 2. The van der Waals surface area contributed by atoms with E-state index in [0.717, 1.165) is 44.7 Å². The lowest BCUT2D eigenvalue weighted by Gasteiger charge is -2.25. The van der Waals surface area contributed by atoms with Crippen molar-refractivity contribution in [2.75, 3.05) is 0 Å². The van der Waals surface area contributed by atoms with Crippen LogP contribution >= 0.6 is 0 Å². The molecule has 3 nitrogen and oxygen atoms in total. The molecule has 1 N–H and O–H groups in total. The van der Waals surface area contributed by atoms with Crippen LogP contribution < -0.4 is 5.32 Å². The molecule has 236 valence electrons. The Kier molecular flexibility index (Phi) is 7.56. The maximum atomic E-state index is 5.25. The number of aliphatic imine (C=N–C) groups is 1. The second-order valence-electron chi connectivity index (χ2n) is 12.8. The van der Waals surface area contributed by atoms with Gasteiger partial charge in [0.25, 0.3) is 0 Å². The Morgan fingerprint density at radius 3 is 1.92 bits per heavy atom. The molecule has 0 saturated carbocycles. The van der Waals surface area contributed by atoms with Crippen molar-refractivity contribution in [2.24, 2.45) is 4.99 Å². The average molecular weight is 640 g/mol. The zero-order valence-electron chi connectivity index (χ0n) is 27.4. The van der Waals surface area contributed by atoms with Crippen LogP contribution in [0.3, 0.4) is 0 Å². The van der Waals surface area contributed by atoms with Crippen LogP contribution in [0.4, 0.5) is 0 Å². The molecule has 1 aliphatic rings. The number of hydrogen-bond acceptors (Lipinski definition) is 3. The van der Waals surface area contributed by atoms with Crippen LogP contribution in [-0.2, 0) is 0 Å². The molecule has 1 unspecified atom stereocenters. The maximum Gasteiger partial charge on any atom is 0.134 e. The van der Waals surface area contributed by atoms with E-state index in [1.165, 1.54) is 38.4 Å². The van der Waals surface area contributed by atoms with Crippen molar-refractivity contribution in [1.29, 1.82) is 0 Å². The summed E-state index contributed by atoms with van der Waals surface area (Å²) in [5, 5.41) is 8.61. The minimum absolute atomic E-state index is 0.0831. The van der Waals surface area contributed by atoms with Crippen LogP contribution in [0, 0.1) is 0 Å². The average Bonchev–Trinajstić information content (AvgIpc) is 3.21. The van der Waals surface area contributed by atoms with Crippen molar-refractivity contribution in [2.45, 2.75) is 6.04 Å². The summed E-state index contributed by atoms with van der Waals surface area (Å²) in [6, 6.07) is 60.3. The predicted molar refractivity (Wildman–Crippen MR) is 209 cm³/mol. The van der Waals surface area contributed by atoms with E-state index in [4.69, 9.17) is 4.99 Å². The van der Waals surface area contributed by atoms with E-state index in [2.05, 4.69) is 186 Å². The molecule has 0 saturated heterocycles. The molecule has 0 bridgehead atoms. The van der Waals surface area contributed by atoms with E-state index in [1.807, 2.05) is 12.4 Å². The molecule has 0 aliphatic carbocycles. The first-order valence-corrected chi connectivity index (χ1v) is 17.0. The molecule has 8 aromatic rings. The Balaban J connectivity index is 1.12. The predicted octanol–water partition coefficient (Wildman–Crippen LogP) is 11.5. The van der Waals surface area contributed by atoms with E-state index in [1.54, 1.807) is 0 Å². The van der Waals surface area contributed by atoms with Crippen molar-refractivity contribution in [3.8, 4) is 33.4 Å². The van der Waals surface area contributed by atoms with Gasteiger partial charge in [-0.15, -0.1) is 0 Å². The summed E-state index contributed by atoms with van der Waals surface area (Å²) in [6.45, 7) is 0. The Bertz CT molecular complexity index is 2560. The van der Waals surface area contributed by atoms with Gasteiger partial charge in [-0.25, -0.2) is 4.99 Å². The SMILES string of the molecule is C1=C(c2ccc(-c3cncc4ccccc34)cc2)N=C(c2cccc(-c3ccccc3)c2)NC1c1cccc(-c2ccc3ccccc3c2)c1. The number of aromatic nitrogens is 1. The van der Waals surface area contributed by atoms with Gasteiger partial charge >= 0.3 is 0 Å². The van der Waals surface area contributed by atoms with Crippen LogP contribution in [0.15, 0.2) is 193 Å². The Morgan fingerprint density at radius 2 is 1.06 bits per heavy atom. The van der Waals surface area contributed by atoms with Crippen molar-refractivity contribution >= 4 is 33.1 Å². The summed E-state index contributed by atoms with van der Waals surface area (Å²) in [6.07, 6.45) is 6.12. The summed E-state index contributed by atoms with van der Waals surface area (Å²) in [5.74, 6) is 0.851. The highest BCUT2D eigenvalue weighted by Crippen LogP contribution is 2.34. The third kappa shape index (κ3) is 5.76. The van der Waals surface area contributed by atoms with E-state index in [9.17, 15) is 0 Å². The Labute approximate surface area is 292 Å². The monoisotopic (exact) mass is 639 g/mol. The van der Waals surface area contributed by atoms with E-state index >= 15 is 0 Å². The molecule has 3 heteroatoms. The molecule has 0 fully saturated rings. The number of pyridine rings is 1. The van der Waals surface area contributed by atoms with Gasteiger partial charge in [-0.1, -0.05) is 152 Å². The molecule has 7 aromatic carbocycles. The van der Waals surface area contributed by atoms with Crippen LogP contribution in [0.1, 0.15) is 22.7 Å². The summed E-state index contributed by atoms with van der Waals surface area (Å²) >= 11 is 0. The molecule has 0 spiro atoms. The smallest absolute Gasteiger partial charge is 0.134 e. The highest BCUT2D eigenvalue weighted by molar-refractivity contribution is 6.04. The first-order valence-electron chi connectivity index (χ1n) is 17.0. The molecule has 0 radical (unpaired) electrons. The summed E-state index contributed by atoms with van der Waals surface area (Å²) in [7, 11) is 0. The molecule has 1 aliphatic heterocycles. The molecular formula is C47H33N3. The van der Waals surface area contributed by atoms with Crippen LogP contribution in [0.5, 0.6) is 0 Å². The zero-order chi connectivity index (χ0) is 33.3. The van der Waals surface area contributed by atoms with Gasteiger partial charge in [0, 0.05) is 28.9 Å². The lowest BCUT2D eigenvalue weighted by molar-refractivity contribution is 0.781. The molecule has 50 heavy (non-hydrogen) atoms. The largest absolute Gasteiger partial charge is 0.359 e. The quantitative estimate of drug-likeness (QED) is 0.197. The lowest BCUT2D eigenvalue weighted by atomic mass is 9.94. The third-order valence-corrected chi connectivity index (χ3v) is 9.58. The standard InChI is InChI=1S/C47H33N3/c1-2-10-32(11-3-1)37-15-9-18-41(28-37)47-49-45(35-23-21-34(22-24-35)44-31-48-30-42-14-6-7-19-43(42)44)29-46(50-47)40-17-8-16-38(27-40)39-25-20-33-12-4-5-13-36(33)26-39/h1-31,46H,(H,49,50). The van der Waals surface area contributed by atoms with Crippen molar-refractivity contribution in [3.05, 3.63) is 205 Å². The minimum Gasteiger partial charge on any atom is -0.359 e. The lowest BCUT2D eigenvalue weighted by Crippen LogP contribution is -2.31. The van der Waals surface area contributed by atoms with E-state index < -0.39 is 0 Å². The van der Waals surface area contributed by atoms with Gasteiger partial charge in [-0.3, -0.25) is 4.98 Å². The van der Waals surface area contributed by atoms with Crippen LogP contribution in [0.2, 0.25) is 0 Å². The van der Waals surface area contributed by atoms with Crippen LogP contribution in [0.25, 0.3) is 60.6 Å². The van der Waals surface area contributed by atoms with Gasteiger partial charge in [0.2, 0.25) is 0 Å². The van der Waals surface area contributed by atoms with Crippen molar-refractivity contribution in [3.63, 3.8) is 0 Å². The second-order valence-corrected chi connectivity index (χ2v) is 12.8. The number of nitrogens with one attached hydrogen (secondary N) is 1. The molecule has 9 rings (SSSR count). The number of nitrogens with zero attached hydrogens (tertiary/aromatic N) is 2.